The van der Waals surface area contributed by atoms with Gasteiger partial charge in [0.1, 0.15) is 5.76 Å². The topological polar surface area (TPSA) is 75.9 Å². The Hall–Kier alpha value is -0.960. The largest absolute Gasteiger partial charge is 0.379 e. The van der Waals surface area contributed by atoms with Crippen molar-refractivity contribution in [3.8, 4) is 0 Å². The lowest BCUT2D eigenvalue weighted by Crippen LogP contribution is -2.48. The van der Waals surface area contributed by atoms with Gasteiger partial charge in [0.2, 0.25) is 10.0 Å². The lowest BCUT2D eigenvalue weighted by atomic mass is 9.79. The molecule has 24 heavy (non-hydrogen) atoms. The van der Waals surface area contributed by atoms with Crippen molar-refractivity contribution in [2.24, 2.45) is 5.41 Å². The van der Waals surface area contributed by atoms with Gasteiger partial charge in [-0.3, -0.25) is 4.90 Å². The van der Waals surface area contributed by atoms with Crippen molar-refractivity contribution in [1.82, 2.24) is 14.4 Å². The number of ether oxygens (including phenoxy) is 1. The molecule has 1 aromatic rings. The molecular formula is C16H27N3O4S. The first-order valence-electron chi connectivity index (χ1n) is 8.46. The number of sulfonamides is 1. The fourth-order valence-corrected chi connectivity index (χ4v) is 4.59. The van der Waals surface area contributed by atoms with E-state index in [1.54, 1.807) is 4.31 Å². The maximum absolute atomic E-state index is 12.0. The second-order valence-electron chi connectivity index (χ2n) is 7.23. The van der Waals surface area contributed by atoms with E-state index >= 15 is 0 Å². The Balaban J connectivity index is 1.65. The van der Waals surface area contributed by atoms with Gasteiger partial charge in [-0.25, -0.2) is 8.42 Å². The van der Waals surface area contributed by atoms with Crippen molar-refractivity contribution in [2.75, 3.05) is 45.6 Å². The lowest BCUT2D eigenvalue weighted by molar-refractivity contribution is 0.0165. The van der Waals surface area contributed by atoms with Crippen molar-refractivity contribution >= 4 is 10.0 Å². The molecule has 0 amide bonds. The Labute approximate surface area is 144 Å². The molecule has 3 heterocycles. The van der Waals surface area contributed by atoms with E-state index in [0.29, 0.717) is 26.3 Å². The quantitative estimate of drug-likeness (QED) is 0.808. The molecule has 1 spiro atoms. The van der Waals surface area contributed by atoms with Gasteiger partial charge in [0.05, 0.1) is 25.2 Å². The van der Waals surface area contributed by atoms with Crippen LogP contribution in [0.3, 0.4) is 0 Å². The van der Waals surface area contributed by atoms with Crippen LogP contribution in [0.25, 0.3) is 0 Å². The molecule has 0 saturated carbocycles. The second kappa shape index (κ2) is 6.74. The molecule has 0 aromatic carbocycles. The Kier molecular flexibility index (Phi) is 5.01. The summed E-state index contributed by atoms with van der Waals surface area (Å²) in [5.74, 6) is 0.883. The van der Waals surface area contributed by atoms with Crippen molar-refractivity contribution in [2.45, 2.75) is 33.2 Å². The van der Waals surface area contributed by atoms with Crippen LogP contribution in [0.4, 0.5) is 0 Å². The molecule has 2 aliphatic rings. The summed E-state index contributed by atoms with van der Waals surface area (Å²) >= 11 is 0. The van der Waals surface area contributed by atoms with Crippen molar-refractivity contribution in [3.05, 3.63) is 17.0 Å². The SMILES string of the molecule is Cc1noc(C)c1CN1CCC2(CC1)COCCN(S(C)(=O)=O)C2. The molecule has 7 nitrogen and oxygen atoms in total. The van der Waals surface area contributed by atoms with Crippen molar-refractivity contribution in [1.29, 1.82) is 0 Å². The van der Waals surface area contributed by atoms with Gasteiger partial charge in [-0.15, -0.1) is 0 Å². The smallest absolute Gasteiger partial charge is 0.211 e. The van der Waals surface area contributed by atoms with E-state index in [-0.39, 0.29) is 5.41 Å². The molecule has 2 fully saturated rings. The third-order valence-corrected chi connectivity index (χ3v) is 6.60. The van der Waals surface area contributed by atoms with Crippen LogP contribution in [-0.4, -0.2) is 68.4 Å². The Bertz CT molecular complexity index is 658. The summed E-state index contributed by atoms with van der Waals surface area (Å²) in [4.78, 5) is 2.40. The lowest BCUT2D eigenvalue weighted by Gasteiger charge is -2.42. The number of likely N-dealkylation sites (tertiary alicyclic amines) is 1. The number of hydrogen-bond donors (Lipinski definition) is 0. The minimum atomic E-state index is -3.17. The summed E-state index contributed by atoms with van der Waals surface area (Å²) in [6.45, 7) is 8.80. The Morgan fingerprint density at radius 1 is 1.21 bits per heavy atom. The molecular weight excluding hydrogens is 330 g/mol. The van der Waals surface area contributed by atoms with Crippen LogP contribution in [0.5, 0.6) is 0 Å². The third kappa shape index (κ3) is 3.82. The number of aryl methyl sites for hydroxylation is 2. The van der Waals surface area contributed by atoms with Gasteiger partial charge in [-0.05, 0) is 39.8 Å². The van der Waals surface area contributed by atoms with Crippen molar-refractivity contribution in [3.63, 3.8) is 0 Å². The molecule has 0 atom stereocenters. The molecule has 0 unspecified atom stereocenters. The fraction of sp³-hybridized carbons (Fsp3) is 0.812. The zero-order chi connectivity index (χ0) is 17.4. The minimum absolute atomic E-state index is 0.0607. The number of nitrogens with zero attached hydrogens (tertiary/aromatic N) is 3. The average Bonchev–Trinajstić information content (AvgIpc) is 2.74. The molecule has 3 rings (SSSR count). The van der Waals surface area contributed by atoms with E-state index in [2.05, 4.69) is 10.1 Å². The number of hydrogen-bond acceptors (Lipinski definition) is 6. The number of aromatic nitrogens is 1. The number of rotatable bonds is 3. The molecule has 0 N–H and O–H groups in total. The van der Waals surface area contributed by atoms with Gasteiger partial charge in [-0.1, -0.05) is 5.16 Å². The average molecular weight is 357 g/mol. The van der Waals surface area contributed by atoms with E-state index in [9.17, 15) is 8.42 Å². The first kappa shape index (κ1) is 17.8. The van der Waals surface area contributed by atoms with Crippen LogP contribution in [0.2, 0.25) is 0 Å². The predicted octanol–water partition coefficient (Wildman–Crippen LogP) is 1.17. The highest BCUT2D eigenvalue weighted by Crippen LogP contribution is 2.35. The standard InChI is InChI=1S/C16H27N3O4S/c1-13-15(14(2)23-17-13)10-18-6-4-16(5-7-18)11-19(24(3,20)21)8-9-22-12-16/h4-12H2,1-3H3. The van der Waals surface area contributed by atoms with Gasteiger partial charge < -0.3 is 9.26 Å². The van der Waals surface area contributed by atoms with E-state index in [1.807, 2.05) is 13.8 Å². The molecule has 2 aliphatic heterocycles. The summed E-state index contributed by atoms with van der Waals surface area (Å²) in [5, 5.41) is 4.02. The Morgan fingerprint density at radius 2 is 1.92 bits per heavy atom. The van der Waals surface area contributed by atoms with E-state index in [1.165, 1.54) is 11.8 Å². The summed E-state index contributed by atoms with van der Waals surface area (Å²) in [6.07, 6.45) is 3.18. The monoisotopic (exact) mass is 357 g/mol. The highest BCUT2D eigenvalue weighted by Gasteiger charge is 2.40. The second-order valence-corrected chi connectivity index (χ2v) is 9.21. The zero-order valence-corrected chi connectivity index (χ0v) is 15.6. The number of piperidine rings is 1. The van der Waals surface area contributed by atoms with Gasteiger partial charge in [0, 0.05) is 30.6 Å². The Morgan fingerprint density at radius 3 is 2.50 bits per heavy atom. The first-order chi connectivity index (χ1) is 11.3. The predicted molar refractivity (Wildman–Crippen MR) is 90.2 cm³/mol. The highest BCUT2D eigenvalue weighted by atomic mass is 32.2. The van der Waals surface area contributed by atoms with E-state index in [4.69, 9.17) is 9.26 Å². The minimum Gasteiger partial charge on any atom is -0.379 e. The van der Waals surface area contributed by atoms with Crippen LogP contribution in [-0.2, 0) is 21.3 Å². The summed E-state index contributed by atoms with van der Waals surface area (Å²) in [7, 11) is -3.17. The van der Waals surface area contributed by atoms with Crippen LogP contribution in [0.15, 0.2) is 4.52 Å². The molecule has 8 heteroatoms. The molecule has 1 aromatic heterocycles. The van der Waals surface area contributed by atoms with Crippen LogP contribution in [0.1, 0.15) is 29.9 Å². The van der Waals surface area contributed by atoms with Gasteiger partial charge in [0.25, 0.3) is 0 Å². The van der Waals surface area contributed by atoms with Gasteiger partial charge in [-0.2, -0.15) is 4.31 Å². The van der Waals surface area contributed by atoms with E-state index < -0.39 is 10.0 Å². The molecule has 136 valence electrons. The first-order valence-corrected chi connectivity index (χ1v) is 10.3. The zero-order valence-electron chi connectivity index (χ0n) is 14.7. The third-order valence-electron chi connectivity index (χ3n) is 5.35. The molecule has 0 radical (unpaired) electrons. The van der Waals surface area contributed by atoms with Gasteiger partial charge >= 0.3 is 0 Å². The van der Waals surface area contributed by atoms with Crippen LogP contribution < -0.4 is 0 Å². The summed E-state index contributed by atoms with van der Waals surface area (Å²) in [6, 6.07) is 0. The van der Waals surface area contributed by atoms with Gasteiger partial charge in [0.15, 0.2) is 0 Å². The fourth-order valence-electron chi connectivity index (χ4n) is 3.68. The maximum atomic E-state index is 12.0. The normalized spacial score (nSPS) is 23.5. The molecule has 2 saturated heterocycles. The van der Waals surface area contributed by atoms with E-state index in [0.717, 1.165) is 43.9 Å². The summed E-state index contributed by atoms with van der Waals surface area (Å²) in [5.41, 5.74) is 2.06. The highest BCUT2D eigenvalue weighted by molar-refractivity contribution is 7.88. The van der Waals surface area contributed by atoms with Crippen LogP contribution >= 0.6 is 0 Å². The maximum Gasteiger partial charge on any atom is 0.211 e. The van der Waals surface area contributed by atoms with Crippen LogP contribution in [0, 0.1) is 19.3 Å². The molecule has 0 aliphatic carbocycles. The summed E-state index contributed by atoms with van der Waals surface area (Å²) < 4.78 is 36.5. The molecule has 0 bridgehead atoms. The van der Waals surface area contributed by atoms with Crippen molar-refractivity contribution < 1.29 is 17.7 Å².